The van der Waals surface area contributed by atoms with E-state index in [4.69, 9.17) is 4.99 Å². The van der Waals surface area contributed by atoms with Crippen LogP contribution in [0.4, 0.5) is 0 Å². The van der Waals surface area contributed by atoms with Crippen molar-refractivity contribution in [3.63, 3.8) is 0 Å². The molecule has 9 aromatic rings. The minimum Gasteiger partial charge on any atom is -0.359 e. The van der Waals surface area contributed by atoms with Gasteiger partial charge in [0.25, 0.3) is 0 Å². The molecule has 0 saturated heterocycles. The quantitative estimate of drug-likeness (QED) is 0.182. The van der Waals surface area contributed by atoms with Crippen molar-refractivity contribution in [2.24, 2.45) is 4.99 Å². The molecule has 266 valence electrons. The van der Waals surface area contributed by atoms with Crippen LogP contribution in [0.25, 0.3) is 66.3 Å². The summed E-state index contributed by atoms with van der Waals surface area (Å²) in [6.07, 6.45) is 8.93. The second-order valence-corrected chi connectivity index (χ2v) is 14.8. The summed E-state index contributed by atoms with van der Waals surface area (Å²) in [6.45, 7) is 0. The van der Waals surface area contributed by atoms with Crippen LogP contribution in [0.2, 0.25) is 0 Å². The number of nitrogens with one attached hydrogen (secondary N) is 1. The van der Waals surface area contributed by atoms with Crippen molar-refractivity contribution in [2.75, 3.05) is 0 Å². The predicted molar refractivity (Wildman–Crippen MR) is 235 cm³/mol. The van der Waals surface area contributed by atoms with E-state index in [1.165, 1.54) is 60.3 Å². The molecular weight excluding hydrogens is 681 g/mol. The largest absolute Gasteiger partial charge is 0.359 e. The van der Waals surface area contributed by atoms with Gasteiger partial charge < -0.3 is 14.5 Å². The summed E-state index contributed by atoms with van der Waals surface area (Å²) in [5.41, 5.74) is 14.0. The van der Waals surface area contributed by atoms with Crippen LogP contribution in [0.15, 0.2) is 205 Å². The molecule has 1 atom stereocenters. The SMILES string of the molecule is C1=C(c2ccccc2)CCC(C2C=C(c3cc(-n4c5ccccc5c5ccccc54)cc(-n4c5ccccc5c5ccccc54)c3)N=C(c3ccccc3)N2)=C1. The molecule has 56 heavy (non-hydrogen) atoms. The average molecular weight is 719 g/mol. The number of benzene rings is 7. The van der Waals surface area contributed by atoms with Crippen molar-refractivity contribution in [2.45, 2.75) is 18.9 Å². The summed E-state index contributed by atoms with van der Waals surface area (Å²) in [5.74, 6) is 0.882. The van der Waals surface area contributed by atoms with Crippen LogP contribution in [0.1, 0.15) is 29.5 Å². The number of rotatable bonds is 6. The molecule has 0 spiro atoms. The van der Waals surface area contributed by atoms with E-state index in [1.807, 2.05) is 0 Å². The van der Waals surface area contributed by atoms with Crippen LogP contribution in [-0.4, -0.2) is 21.0 Å². The summed E-state index contributed by atoms with van der Waals surface area (Å²) in [4.78, 5) is 5.43. The lowest BCUT2D eigenvalue weighted by molar-refractivity contribution is 0.763. The van der Waals surface area contributed by atoms with Gasteiger partial charge in [0.1, 0.15) is 5.84 Å². The maximum absolute atomic E-state index is 5.43. The molecule has 0 saturated carbocycles. The van der Waals surface area contributed by atoms with Crippen molar-refractivity contribution in [3.05, 3.63) is 216 Å². The van der Waals surface area contributed by atoms with E-state index in [0.717, 1.165) is 46.9 Å². The van der Waals surface area contributed by atoms with Crippen molar-refractivity contribution in [1.82, 2.24) is 14.5 Å². The second-order valence-electron chi connectivity index (χ2n) is 14.8. The number of aromatic nitrogens is 2. The standard InChI is InChI=1S/C52H38N4/c1-3-15-35(16-4-1)36-27-29-37(30-28-36)46-34-47(54-52(53-46)38-17-5-2-6-18-38)39-31-40(55-48-23-11-7-19-42(48)43-20-8-12-24-49(43)55)33-41(32-39)56-50-25-13-9-21-44(50)45-22-10-14-26-51(45)56/h1-27,29,31-34,46H,28,30H2,(H,53,54). The van der Waals surface area contributed by atoms with Gasteiger partial charge in [0.15, 0.2) is 0 Å². The number of fused-ring (bicyclic) bond motifs is 6. The first-order valence-electron chi connectivity index (χ1n) is 19.5. The highest BCUT2D eigenvalue weighted by atomic mass is 15.1. The van der Waals surface area contributed by atoms with Gasteiger partial charge in [0, 0.05) is 44.0 Å². The van der Waals surface area contributed by atoms with Crippen LogP contribution in [0.3, 0.4) is 0 Å². The highest BCUT2D eigenvalue weighted by molar-refractivity contribution is 6.11. The summed E-state index contributed by atoms with van der Waals surface area (Å²) in [6, 6.07) is 63.3. The van der Waals surface area contributed by atoms with Gasteiger partial charge in [0.05, 0.1) is 33.8 Å². The summed E-state index contributed by atoms with van der Waals surface area (Å²) < 4.78 is 4.85. The zero-order chi connectivity index (χ0) is 37.0. The first kappa shape index (κ1) is 32.3. The molecule has 1 aliphatic carbocycles. The van der Waals surface area contributed by atoms with Crippen molar-refractivity contribution in [1.29, 1.82) is 0 Å². The second kappa shape index (κ2) is 13.3. The Bertz CT molecular complexity index is 2860. The fourth-order valence-corrected chi connectivity index (χ4v) is 8.85. The molecule has 0 fully saturated rings. The molecule has 2 aromatic heterocycles. The van der Waals surface area contributed by atoms with E-state index < -0.39 is 0 Å². The molecule has 0 amide bonds. The number of allylic oxidation sites excluding steroid dienone is 3. The minimum atomic E-state index is -0.0140. The van der Waals surface area contributed by atoms with Crippen LogP contribution >= 0.6 is 0 Å². The van der Waals surface area contributed by atoms with Gasteiger partial charge in [-0.05, 0) is 78.1 Å². The van der Waals surface area contributed by atoms with Gasteiger partial charge in [-0.25, -0.2) is 4.99 Å². The molecule has 4 nitrogen and oxygen atoms in total. The van der Waals surface area contributed by atoms with E-state index in [1.54, 1.807) is 0 Å². The lowest BCUT2D eigenvalue weighted by Crippen LogP contribution is -2.38. The maximum Gasteiger partial charge on any atom is 0.134 e. The zero-order valence-corrected chi connectivity index (χ0v) is 30.8. The van der Waals surface area contributed by atoms with E-state index in [-0.39, 0.29) is 6.04 Å². The molecule has 2 aliphatic rings. The third-order valence-corrected chi connectivity index (χ3v) is 11.5. The lowest BCUT2D eigenvalue weighted by Gasteiger charge is -2.28. The Morgan fingerprint density at radius 1 is 0.446 bits per heavy atom. The first-order valence-corrected chi connectivity index (χ1v) is 19.5. The van der Waals surface area contributed by atoms with E-state index in [9.17, 15) is 0 Å². The van der Waals surface area contributed by atoms with Gasteiger partial charge in [-0.2, -0.15) is 0 Å². The molecule has 0 radical (unpaired) electrons. The number of hydrogen-bond acceptors (Lipinski definition) is 2. The third kappa shape index (κ3) is 5.41. The Morgan fingerprint density at radius 3 is 1.39 bits per heavy atom. The number of aliphatic imine (C=N–C) groups is 1. The fourth-order valence-electron chi connectivity index (χ4n) is 8.85. The van der Waals surface area contributed by atoms with E-state index >= 15 is 0 Å². The van der Waals surface area contributed by atoms with Gasteiger partial charge in [0.2, 0.25) is 0 Å². The lowest BCUT2D eigenvalue weighted by atomic mass is 9.88. The van der Waals surface area contributed by atoms with Gasteiger partial charge in [-0.3, -0.25) is 0 Å². The molecule has 1 aliphatic heterocycles. The van der Waals surface area contributed by atoms with Crippen LogP contribution in [-0.2, 0) is 0 Å². The average Bonchev–Trinajstić information content (AvgIpc) is 3.80. The number of hydrogen-bond donors (Lipinski definition) is 1. The fraction of sp³-hybridized carbons (Fsp3) is 0.0577. The summed E-state index contributed by atoms with van der Waals surface area (Å²) in [5, 5.41) is 8.80. The molecule has 0 bridgehead atoms. The zero-order valence-electron chi connectivity index (χ0n) is 30.8. The van der Waals surface area contributed by atoms with Crippen LogP contribution in [0, 0.1) is 0 Å². The monoisotopic (exact) mass is 718 g/mol. The minimum absolute atomic E-state index is 0.0140. The van der Waals surface area contributed by atoms with Crippen LogP contribution in [0.5, 0.6) is 0 Å². The smallest absolute Gasteiger partial charge is 0.134 e. The Morgan fingerprint density at radius 2 is 0.911 bits per heavy atom. The topological polar surface area (TPSA) is 34.2 Å². The Labute approximate surface area is 325 Å². The number of para-hydroxylation sites is 4. The predicted octanol–water partition coefficient (Wildman–Crippen LogP) is 12.4. The van der Waals surface area contributed by atoms with E-state index in [2.05, 4.69) is 209 Å². The van der Waals surface area contributed by atoms with Gasteiger partial charge >= 0.3 is 0 Å². The molecule has 7 aromatic carbocycles. The first-order chi connectivity index (χ1) is 27.8. The van der Waals surface area contributed by atoms with Crippen molar-refractivity contribution >= 4 is 60.7 Å². The highest BCUT2D eigenvalue weighted by Crippen LogP contribution is 2.38. The summed E-state index contributed by atoms with van der Waals surface area (Å²) in [7, 11) is 0. The molecule has 1 unspecified atom stereocenters. The van der Waals surface area contributed by atoms with Gasteiger partial charge in [-0.1, -0.05) is 146 Å². The Hall–Kier alpha value is -7.17. The Balaban J connectivity index is 1.16. The number of amidine groups is 1. The van der Waals surface area contributed by atoms with Crippen molar-refractivity contribution < 1.29 is 0 Å². The normalized spacial score (nSPS) is 15.8. The summed E-state index contributed by atoms with van der Waals surface area (Å²) >= 11 is 0. The van der Waals surface area contributed by atoms with Crippen LogP contribution < -0.4 is 5.32 Å². The molecule has 11 rings (SSSR count). The maximum atomic E-state index is 5.43. The third-order valence-electron chi connectivity index (χ3n) is 11.5. The molecule has 3 heterocycles. The van der Waals surface area contributed by atoms with Crippen molar-refractivity contribution in [3.8, 4) is 11.4 Å². The molecule has 1 N–H and O–H groups in total. The molecular formula is C52H38N4. The van der Waals surface area contributed by atoms with E-state index in [0.29, 0.717) is 0 Å². The highest BCUT2D eigenvalue weighted by Gasteiger charge is 2.24. The Kier molecular flexibility index (Phi) is 7.66. The number of nitrogens with zero attached hydrogens (tertiary/aromatic N) is 3. The molecule has 4 heteroatoms. The van der Waals surface area contributed by atoms with Gasteiger partial charge in [-0.15, -0.1) is 0 Å².